The summed E-state index contributed by atoms with van der Waals surface area (Å²) in [6, 6.07) is 9.68. The topological polar surface area (TPSA) is 80.3 Å². The van der Waals surface area contributed by atoms with Gasteiger partial charge in [-0.1, -0.05) is 30.3 Å². The summed E-state index contributed by atoms with van der Waals surface area (Å²) in [5.74, 6) is -0.486. The lowest BCUT2D eigenvalue weighted by Crippen LogP contribution is -2.59. The van der Waals surface area contributed by atoms with Crippen LogP contribution in [0.1, 0.15) is 38.5 Å². The third-order valence-corrected chi connectivity index (χ3v) is 4.97. The van der Waals surface area contributed by atoms with Crippen molar-refractivity contribution in [3.63, 3.8) is 0 Å². The lowest BCUT2D eigenvalue weighted by molar-refractivity contribution is -0.320. The molecule has 0 unspecified atom stereocenters. The monoisotopic (exact) mass is 390 g/mol. The summed E-state index contributed by atoms with van der Waals surface area (Å²) in [5, 5.41) is 0. The molecule has 2 aliphatic heterocycles. The zero-order valence-electron chi connectivity index (χ0n) is 16.1. The molecule has 0 N–H and O–H groups in total. The molecule has 2 saturated heterocycles. The molecule has 3 rings (SSSR count). The summed E-state index contributed by atoms with van der Waals surface area (Å²) in [5.41, 5.74) is 0.0932. The Morgan fingerprint density at radius 2 is 2.07 bits per heavy atom. The molecule has 1 aromatic rings. The molecule has 152 valence electrons. The quantitative estimate of drug-likeness (QED) is 0.306. The molecule has 28 heavy (non-hydrogen) atoms. The number of aldehydes is 1. The number of esters is 1. The molecule has 1 aromatic carbocycles. The van der Waals surface area contributed by atoms with Crippen molar-refractivity contribution in [2.24, 2.45) is 0 Å². The summed E-state index contributed by atoms with van der Waals surface area (Å²) in [7, 11) is 0. The fraction of sp³-hybridized carbons (Fsp3) is 0.524. The molecule has 0 aliphatic carbocycles. The van der Waals surface area contributed by atoms with Crippen LogP contribution in [0.5, 0.6) is 0 Å². The molecule has 2 aliphatic rings. The third-order valence-electron chi connectivity index (χ3n) is 4.97. The summed E-state index contributed by atoms with van der Waals surface area (Å²) in [6.45, 7) is 4.21. The van der Waals surface area contributed by atoms with E-state index in [0.29, 0.717) is 13.0 Å². The highest BCUT2D eigenvalue weighted by molar-refractivity contribution is 5.81. The summed E-state index contributed by atoms with van der Waals surface area (Å²) in [4.78, 5) is 22.7. The number of benzene rings is 1. The van der Waals surface area contributed by atoms with E-state index in [1.807, 2.05) is 37.3 Å². The summed E-state index contributed by atoms with van der Waals surface area (Å²) >= 11 is 0. The molecule has 5 atom stereocenters. The number of carbonyl (C=O) groups excluding carboxylic acids is 2. The molecular weight excluding hydrogens is 364 g/mol. The first kappa shape index (κ1) is 20.5. The van der Waals surface area contributed by atoms with E-state index < -0.39 is 24.0 Å². The second kappa shape index (κ2) is 9.32. The van der Waals surface area contributed by atoms with Crippen molar-refractivity contribution >= 4 is 12.3 Å². The van der Waals surface area contributed by atoms with Crippen LogP contribution in [0.25, 0.3) is 0 Å². The maximum atomic E-state index is 11.5. The van der Waals surface area contributed by atoms with E-state index in [0.717, 1.165) is 11.8 Å². The summed E-state index contributed by atoms with van der Waals surface area (Å²) in [6.07, 6.45) is 2.52. The molecule has 7 nitrogen and oxygen atoms in total. The minimum absolute atomic E-state index is 0.163. The summed E-state index contributed by atoms with van der Waals surface area (Å²) < 4.78 is 28.7. The van der Waals surface area contributed by atoms with Gasteiger partial charge in [-0.2, -0.15) is 0 Å². The van der Waals surface area contributed by atoms with E-state index in [1.165, 1.54) is 12.3 Å². The lowest BCUT2D eigenvalue weighted by Gasteiger charge is -2.49. The van der Waals surface area contributed by atoms with Crippen molar-refractivity contribution in [2.45, 2.75) is 56.9 Å². The predicted octanol–water partition coefficient (Wildman–Crippen LogP) is 2.70. The number of ether oxygens (including phenoxy) is 5. The normalized spacial score (nSPS) is 32.5. The molecular formula is C21H26O7. The van der Waals surface area contributed by atoms with Gasteiger partial charge in [0.25, 0.3) is 0 Å². The van der Waals surface area contributed by atoms with Gasteiger partial charge in [0.2, 0.25) is 0 Å². The molecule has 0 spiro atoms. The van der Waals surface area contributed by atoms with Crippen molar-refractivity contribution in [3.05, 3.63) is 48.2 Å². The smallest absolute Gasteiger partial charge is 0.333 e. The van der Waals surface area contributed by atoms with E-state index in [1.54, 1.807) is 6.92 Å². The van der Waals surface area contributed by atoms with E-state index in [4.69, 9.17) is 23.7 Å². The van der Waals surface area contributed by atoms with Crippen molar-refractivity contribution in [3.8, 4) is 0 Å². The van der Waals surface area contributed by atoms with Crippen LogP contribution in [0, 0.1) is 0 Å². The Hall–Kier alpha value is -2.22. The van der Waals surface area contributed by atoms with Gasteiger partial charge < -0.3 is 28.5 Å². The fourth-order valence-corrected chi connectivity index (χ4v) is 3.48. The highest BCUT2D eigenvalue weighted by Gasteiger charge is 2.50. The second-order valence-corrected chi connectivity index (χ2v) is 7.01. The van der Waals surface area contributed by atoms with Gasteiger partial charge in [-0.25, -0.2) is 4.79 Å². The molecule has 0 amide bonds. The van der Waals surface area contributed by atoms with Gasteiger partial charge in [0.15, 0.2) is 6.29 Å². The molecule has 7 heteroatoms. The van der Waals surface area contributed by atoms with E-state index >= 15 is 0 Å². The van der Waals surface area contributed by atoms with Gasteiger partial charge >= 0.3 is 5.97 Å². The first-order valence-electron chi connectivity index (χ1n) is 9.48. The van der Waals surface area contributed by atoms with Gasteiger partial charge in [0.1, 0.15) is 24.1 Å². The molecule has 2 fully saturated rings. The number of hydrogen-bond acceptors (Lipinski definition) is 7. The second-order valence-electron chi connectivity index (χ2n) is 7.01. The third kappa shape index (κ3) is 4.79. The van der Waals surface area contributed by atoms with Crippen molar-refractivity contribution < 1.29 is 33.3 Å². The molecule has 0 aromatic heterocycles. The van der Waals surface area contributed by atoms with Crippen LogP contribution in [0.4, 0.5) is 0 Å². The Labute approximate surface area is 164 Å². The number of fused-ring (bicyclic) bond motifs is 1. The van der Waals surface area contributed by atoms with Gasteiger partial charge in [-0.3, -0.25) is 0 Å². The van der Waals surface area contributed by atoms with Crippen LogP contribution in [0.3, 0.4) is 0 Å². The van der Waals surface area contributed by atoms with Crippen LogP contribution < -0.4 is 0 Å². The molecule has 0 saturated carbocycles. The molecule has 0 radical (unpaired) electrons. The lowest BCUT2D eigenvalue weighted by atomic mass is 9.85. The van der Waals surface area contributed by atoms with Crippen LogP contribution >= 0.6 is 0 Å². The maximum Gasteiger partial charge on any atom is 0.333 e. The van der Waals surface area contributed by atoms with Crippen molar-refractivity contribution in [1.82, 2.24) is 0 Å². The molecule has 0 bridgehead atoms. The van der Waals surface area contributed by atoms with Crippen LogP contribution in [-0.2, 0) is 33.3 Å². The standard InChI is InChI=1S/C21H26O7/c1-3-24-19(23)9-12-25-18-13-16-17(28-21(18,2)10-11-22)14-26-20(27-16)15-7-5-4-6-8-15/h4-9,11-12,16-18,20H,3,10,13-14H2,1-2H3/b12-9+/t16-,17+,18+,20+,21-/m0/s1. The van der Waals surface area contributed by atoms with Gasteiger partial charge in [0.05, 0.1) is 31.7 Å². The van der Waals surface area contributed by atoms with Crippen molar-refractivity contribution in [1.29, 1.82) is 0 Å². The highest BCUT2D eigenvalue weighted by atomic mass is 16.7. The Balaban J connectivity index is 1.69. The Kier molecular flexibility index (Phi) is 6.83. The van der Waals surface area contributed by atoms with Gasteiger partial charge in [-0.15, -0.1) is 0 Å². The minimum Gasteiger partial charge on any atom is -0.495 e. The first-order chi connectivity index (χ1) is 13.6. The first-order valence-corrected chi connectivity index (χ1v) is 9.48. The molecule has 2 heterocycles. The maximum absolute atomic E-state index is 11.5. The highest BCUT2D eigenvalue weighted by Crippen LogP contribution is 2.40. The van der Waals surface area contributed by atoms with E-state index in [9.17, 15) is 9.59 Å². The van der Waals surface area contributed by atoms with Gasteiger partial charge in [0, 0.05) is 18.4 Å². The van der Waals surface area contributed by atoms with Crippen molar-refractivity contribution in [2.75, 3.05) is 13.2 Å². The number of carbonyl (C=O) groups is 2. The zero-order valence-corrected chi connectivity index (χ0v) is 16.1. The average molecular weight is 390 g/mol. The van der Waals surface area contributed by atoms with Crippen LogP contribution in [0.15, 0.2) is 42.7 Å². The Morgan fingerprint density at radius 1 is 1.29 bits per heavy atom. The van der Waals surface area contributed by atoms with Gasteiger partial charge in [-0.05, 0) is 13.8 Å². The average Bonchev–Trinajstić information content (AvgIpc) is 2.69. The SMILES string of the molecule is CCOC(=O)/C=C/O[C@@H]1C[C@@H]2O[C@H](c3ccccc3)OC[C@H]2O[C@@]1(C)CC=O. The largest absolute Gasteiger partial charge is 0.495 e. The number of hydrogen-bond donors (Lipinski definition) is 0. The van der Waals surface area contributed by atoms with Crippen LogP contribution in [0.2, 0.25) is 0 Å². The van der Waals surface area contributed by atoms with E-state index in [-0.39, 0.29) is 25.2 Å². The van der Waals surface area contributed by atoms with E-state index in [2.05, 4.69) is 0 Å². The fourth-order valence-electron chi connectivity index (χ4n) is 3.48. The Bertz CT molecular complexity index is 689. The Morgan fingerprint density at radius 3 is 2.79 bits per heavy atom. The number of rotatable bonds is 7. The predicted molar refractivity (Wildman–Crippen MR) is 99.2 cm³/mol. The van der Waals surface area contributed by atoms with Crippen LogP contribution in [-0.4, -0.2) is 49.4 Å². The zero-order chi connectivity index (χ0) is 20.0. The minimum atomic E-state index is -0.839.